The number of piperidine rings is 1. The fraction of sp³-hybridized carbons (Fsp3) is 0.512. The molecule has 8 rings (SSSR count). The number of aromatic nitrogens is 4. The van der Waals surface area contributed by atoms with E-state index >= 15 is 8.78 Å². The normalized spacial score (nSPS) is 22.3. The van der Waals surface area contributed by atoms with Crippen LogP contribution in [-0.4, -0.2) is 87.8 Å². The van der Waals surface area contributed by atoms with Crippen LogP contribution >= 0.6 is 0 Å². The van der Waals surface area contributed by atoms with Crippen molar-refractivity contribution in [1.82, 2.24) is 29.5 Å². The molecule has 5 aromatic rings. The molecule has 0 aliphatic carbocycles. The number of terminal acetylenes is 1. The number of hydrogen-bond donors (Lipinski definition) is 0. The molecule has 0 N–H and O–H groups in total. The second kappa shape index (κ2) is 14.8. The van der Waals surface area contributed by atoms with Gasteiger partial charge in [0.15, 0.2) is 5.82 Å². The number of unbranched alkanes of at least 4 members (excludes halogenated alkanes) is 2. The van der Waals surface area contributed by atoms with Crippen molar-refractivity contribution in [3.8, 4) is 23.5 Å². The van der Waals surface area contributed by atoms with Crippen LogP contribution in [0.1, 0.15) is 68.8 Å². The van der Waals surface area contributed by atoms with Gasteiger partial charge < -0.3 is 9.80 Å². The van der Waals surface area contributed by atoms with Gasteiger partial charge in [0, 0.05) is 73.6 Å². The first-order chi connectivity index (χ1) is 26.1. The number of aryl methyl sites for hydroxylation is 3. The summed E-state index contributed by atoms with van der Waals surface area (Å²) >= 11 is 0. The van der Waals surface area contributed by atoms with Gasteiger partial charge in [0.05, 0.1) is 10.9 Å². The molecule has 54 heavy (non-hydrogen) atoms. The predicted molar refractivity (Wildman–Crippen MR) is 208 cm³/mol. The monoisotopic (exact) mass is 739 g/mol. The molecule has 284 valence electrons. The first kappa shape index (κ1) is 36.7. The van der Waals surface area contributed by atoms with Gasteiger partial charge in [-0.05, 0) is 87.7 Å². The number of halogens is 4. The second-order valence-corrected chi connectivity index (χ2v) is 16.0. The summed E-state index contributed by atoms with van der Waals surface area (Å²) < 4.78 is 63.3. The number of fused-ring (bicyclic) bond motifs is 6. The van der Waals surface area contributed by atoms with Crippen LogP contribution in [0.25, 0.3) is 43.7 Å². The smallest absolute Gasteiger partial charge is 0.241 e. The molecular weight excluding hydrogens is 691 g/mol. The molecule has 3 aliphatic rings. The maximum atomic E-state index is 17.9. The number of alkyl halides is 2. The second-order valence-electron chi connectivity index (χ2n) is 16.0. The van der Waals surface area contributed by atoms with Crippen molar-refractivity contribution >= 4 is 38.4 Å². The molecule has 0 spiro atoms. The maximum absolute atomic E-state index is 17.9. The first-order valence-electron chi connectivity index (χ1n) is 19.6. The molecule has 0 amide bonds. The molecule has 2 bridgehead atoms. The largest absolute Gasteiger partial charge is 0.347 e. The molecule has 0 radical (unpaired) electrons. The molecule has 3 aliphatic heterocycles. The third-order valence-electron chi connectivity index (χ3n) is 12.3. The highest BCUT2D eigenvalue weighted by molar-refractivity contribution is 6.18. The third-order valence-corrected chi connectivity index (χ3v) is 12.3. The van der Waals surface area contributed by atoms with Crippen molar-refractivity contribution in [2.45, 2.75) is 83.7 Å². The Labute approximate surface area is 314 Å². The highest BCUT2D eigenvalue weighted by atomic mass is 19.3. The molecule has 7 nitrogen and oxygen atoms in total. The zero-order valence-electron chi connectivity index (χ0n) is 31.7. The van der Waals surface area contributed by atoms with Crippen molar-refractivity contribution < 1.29 is 17.6 Å². The number of anilines is 1. The van der Waals surface area contributed by atoms with Gasteiger partial charge in [0.1, 0.15) is 28.5 Å². The summed E-state index contributed by atoms with van der Waals surface area (Å²) in [6, 6.07) is 7.17. The van der Waals surface area contributed by atoms with Crippen molar-refractivity contribution in [2.24, 2.45) is 18.9 Å². The van der Waals surface area contributed by atoms with E-state index in [0.717, 1.165) is 44.5 Å². The molecular formula is C43H49F4N7. The van der Waals surface area contributed by atoms with Crippen LogP contribution in [0.3, 0.4) is 0 Å². The Kier molecular flexibility index (Phi) is 10.0. The fourth-order valence-corrected chi connectivity index (χ4v) is 9.74. The predicted octanol–water partition coefficient (Wildman–Crippen LogP) is 8.51. The third kappa shape index (κ3) is 6.49. The van der Waals surface area contributed by atoms with Crippen LogP contribution < -0.4 is 4.90 Å². The van der Waals surface area contributed by atoms with Crippen LogP contribution in [0, 0.1) is 42.7 Å². The Morgan fingerprint density at radius 3 is 2.46 bits per heavy atom. The van der Waals surface area contributed by atoms with Gasteiger partial charge in [-0.25, -0.2) is 27.5 Å². The number of hydrogen-bond acceptors (Lipinski definition) is 6. The van der Waals surface area contributed by atoms with Crippen LogP contribution in [0.4, 0.5) is 23.4 Å². The lowest BCUT2D eigenvalue weighted by molar-refractivity contribution is -0.000715. The minimum Gasteiger partial charge on any atom is -0.347 e. The summed E-state index contributed by atoms with van der Waals surface area (Å²) in [5.74, 6) is 1.60. The molecule has 3 fully saturated rings. The topological polar surface area (TPSA) is 53.3 Å². The van der Waals surface area contributed by atoms with Gasteiger partial charge in [-0.2, -0.15) is 5.10 Å². The fourth-order valence-electron chi connectivity index (χ4n) is 9.74. The summed E-state index contributed by atoms with van der Waals surface area (Å²) in [5.41, 5.74) is 2.17. The Balaban J connectivity index is 1.33. The summed E-state index contributed by atoms with van der Waals surface area (Å²) in [7, 11) is 3.78. The molecule has 3 aromatic carbocycles. The number of likely N-dealkylation sites (tertiary alicyclic amines) is 2. The van der Waals surface area contributed by atoms with E-state index in [9.17, 15) is 8.78 Å². The van der Waals surface area contributed by atoms with E-state index < -0.39 is 24.0 Å². The quantitative estimate of drug-likeness (QED) is 0.0814. The molecule has 2 aromatic heterocycles. The van der Waals surface area contributed by atoms with Gasteiger partial charge in [-0.1, -0.05) is 43.9 Å². The average Bonchev–Trinajstić information content (AvgIpc) is 3.65. The van der Waals surface area contributed by atoms with Crippen molar-refractivity contribution in [3.05, 3.63) is 59.0 Å². The average molecular weight is 740 g/mol. The Morgan fingerprint density at radius 2 is 1.74 bits per heavy atom. The number of piperazine rings is 1. The molecule has 11 heteroatoms. The van der Waals surface area contributed by atoms with Crippen LogP contribution in [0.5, 0.6) is 0 Å². The van der Waals surface area contributed by atoms with Crippen molar-refractivity contribution in [3.63, 3.8) is 0 Å². The minimum absolute atomic E-state index is 0.0644. The van der Waals surface area contributed by atoms with Gasteiger partial charge in [0.2, 0.25) is 6.43 Å². The zero-order valence-corrected chi connectivity index (χ0v) is 31.7. The van der Waals surface area contributed by atoms with Gasteiger partial charge in [0.25, 0.3) is 0 Å². The molecule has 4 unspecified atom stereocenters. The van der Waals surface area contributed by atoms with E-state index in [2.05, 4.69) is 27.5 Å². The van der Waals surface area contributed by atoms with E-state index in [1.165, 1.54) is 18.9 Å². The Hall–Kier alpha value is -4.27. The first-order valence-corrected chi connectivity index (χ1v) is 19.6. The highest BCUT2D eigenvalue weighted by Crippen LogP contribution is 2.46. The number of rotatable bonds is 10. The summed E-state index contributed by atoms with van der Waals surface area (Å²) in [5, 5.41) is 7.28. The highest BCUT2D eigenvalue weighted by Gasteiger charge is 2.42. The molecule has 5 heterocycles. The van der Waals surface area contributed by atoms with Crippen LogP contribution in [0.2, 0.25) is 0 Å². The Bertz CT molecular complexity index is 2250. The molecule has 4 atom stereocenters. The summed E-state index contributed by atoms with van der Waals surface area (Å²) in [6.07, 6.45) is 12.2. The van der Waals surface area contributed by atoms with Crippen molar-refractivity contribution in [1.29, 1.82) is 0 Å². The lowest BCUT2D eigenvalue weighted by atomic mass is 9.83. The van der Waals surface area contributed by atoms with Gasteiger partial charge in [-0.15, -0.1) is 6.42 Å². The number of benzene rings is 3. The SMILES string of the molecule is C#Cc1c(F)ccc2cc(C)cc(-c3c(F)c4nc(CCC5CN(C)CCC5C(F)F)nc(N5C6CCC5CN(CCCCC)C6)c4c4cn(C)nc34)c12. The van der Waals surface area contributed by atoms with Crippen LogP contribution in [0.15, 0.2) is 30.5 Å². The lowest BCUT2D eigenvalue weighted by Crippen LogP contribution is -2.54. The van der Waals surface area contributed by atoms with E-state index in [1.54, 1.807) is 10.7 Å². The van der Waals surface area contributed by atoms with E-state index in [1.807, 2.05) is 39.3 Å². The molecule has 3 saturated heterocycles. The number of nitrogens with zero attached hydrogens (tertiary/aromatic N) is 7. The lowest BCUT2D eigenvalue weighted by Gasteiger charge is -2.42. The van der Waals surface area contributed by atoms with E-state index in [-0.39, 0.29) is 34.6 Å². The summed E-state index contributed by atoms with van der Waals surface area (Å²) in [6.45, 7) is 8.21. The van der Waals surface area contributed by atoms with Gasteiger partial charge in [-0.3, -0.25) is 9.58 Å². The van der Waals surface area contributed by atoms with E-state index in [4.69, 9.17) is 21.5 Å². The molecule has 0 saturated carbocycles. The van der Waals surface area contributed by atoms with Crippen LogP contribution in [-0.2, 0) is 13.5 Å². The Morgan fingerprint density at radius 1 is 0.963 bits per heavy atom. The van der Waals surface area contributed by atoms with E-state index in [0.29, 0.717) is 76.6 Å². The zero-order chi connectivity index (χ0) is 37.8. The maximum Gasteiger partial charge on any atom is 0.241 e. The van der Waals surface area contributed by atoms with Gasteiger partial charge >= 0.3 is 0 Å². The standard InChI is InChI=1S/C43H49F4N7/c1-6-8-9-17-53-22-28-12-13-29(23-53)54(28)43-38-33-24-52(5)50-40(33)37(32-20-25(3)19-26-10-14-34(44)30(7-2)36(26)32)39(45)41(38)48-35(49-43)15-11-27-21-51(4)18-16-31(27)42(46)47/h2,10,14,19-20,24,27-29,31,42H,6,8-9,11-13,15-18,21-23H2,1,3-5H3. The van der Waals surface area contributed by atoms with Crippen molar-refractivity contribution in [2.75, 3.05) is 44.7 Å². The summed E-state index contributed by atoms with van der Waals surface area (Å²) in [4.78, 5) is 17.3. The minimum atomic E-state index is -2.40.